The first-order valence-corrected chi connectivity index (χ1v) is 6.91. The fourth-order valence-corrected chi connectivity index (χ4v) is 2.32. The van der Waals surface area contributed by atoms with Crippen molar-refractivity contribution in [3.05, 3.63) is 70.5 Å². The van der Waals surface area contributed by atoms with Gasteiger partial charge in [-0.1, -0.05) is 35.9 Å². The third kappa shape index (κ3) is 4.03. The summed E-state index contributed by atoms with van der Waals surface area (Å²) >= 11 is 5.96. The summed E-state index contributed by atoms with van der Waals surface area (Å²) in [5.74, 6) is -0.875. The Morgan fingerprint density at radius 1 is 1.19 bits per heavy atom. The van der Waals surface area contributed by atoms with Crippen LogP contribution < -0.4 is 11.1 Å². The Labute approximate surface area is 127 Å². The van der Waals surface area contributed by atoms with Gasteiger partial charge in [-0.15, -0.1) is 0 Å². The minimum atomic E-state index is -0.695. The molecule has 3 N–H and O–H groups in total. The van der Waals surface area contributed by atoms with Crippen LogP contribution in [0.2, 0.25) is 5.02 Å². The summed E-state index contributed by atoms with van der Waals surface area (Å²) in [6.07, 6.45) is 0. The van der Waals surface area contributed by atoms with Gasteiger partial charge in [0.05, 0.1) is 0 Å². The van der Waals surface area contributed by atoms with Crippen LogP contribution in [0, 0.1) is 5.82 Å². The minimum absolute atomic E-state index is 0.133. The van der Waals surface area contributed by atoms with Crippen LogP contribution in [0.4, 0.5) is 4.39 Å². The van der Waals surface area contributed by atoms with Gasteiger partial charge in [-0.05, 0) is 42.3 Å². The Kier molecular flexibility index (Phi) is 4.94. The highest BCUT2D eigenvalue weighted by Gasteiger charge is 2.20. The Morgan fingerprint density at radius 2 is 1.86 bits per heavy atom. The molecule has 0 radical (unpaired) electrons. The number of hydrogen-bond acceptors (Lipinski definition) is 2. The predicted molar refractivity (Wildman–Crippen MR) is 81.3 cm³/mol. The Bertz CT molecular complexity index is 630. The van der Waals surface area contributed by atoms with E-state index in [4.69, 9.17) is 17.3 Å². The maximum absolute atomic E-state index is 13.0. The van der Waals surface area contributed by atoms with Gasteiger partial charge in [-0.2, -0.15) is 0 Å². The molecule has 2 rings (SSSR count). The molecule has 0 bridgehead atoms. The smallest absolute Gasteiger partial charge is 0.239 e. The number of hydrogen-bond donors (Lipinski definition) is 2. The zero-order chi connectivity index (χ0) is 15.4. The first-order valence-electron chi connectivity index (χ1n) is 6.53. The quantitative estimate of drug-likeness (QED) is 0.890. The number of primary amides is 1. The van der Waals surface area contributed by atoms with Gasteiger partial charge in [0.2, 0.25) is 5.91 Å². The molecular weight excluding hydrogens is 291 g/mol. The second kappa shape index (κ2) is 6.70. The van der Waals surface area contributed by atoms with E-state index in [0.717, 1.165) is 5.56 Å². The zero-order valence-corrected chi connectivity index (χ0v) is 12.3. The number of rotatable bonds is 5. The molecule has 1 amide bonds. The molecule has 0 aliphatic heterocycles. The van der Waals surface area contributed by atoms with E-state index in [1.54, 1.807) is 18.2 Å². The number of nitrogens with two attached hydrogens (primary N) is 1. The van der Waals surface area contributed by atoms with Gasteiger partial charge in [-0.25, -0.2) is 4.39 Å². The van der Waals surface area contributed by atoms with Crippen LogP contribution in [0.25, 0.3) is 0 Å². The Balaban J connectivity index is 2.20. The monoisotopic (exact) mass is 306 g/mol. The number of nitrogens with one attached hydrogen (secondary N) is 1. The van der Waals surface area contributed by atoms with Crippen molar-refractivity contribution in [2.75, 3.05) is 0 Å². The van der Waals surface area contributed by atoms with Crippen LogP contribution in [-0.4, -0.2) is 5.91 Å². The lowest BCUT2D eigenvalue weighted by Crippen LogP contribution is -2.35. The topological polar surface area (TPSA) is 55.1 Å². The summed E-state index contributed by atoms with van der Waals surface area (Å²) in [5, 5.41) is 3.76. The molecule has 2 unspecified atom stereocenters. The van der Waals surface area contributed by atoms with Gasteiger partial charge >= 0.3 is 0 Å². The van der Waals surface area contributed by atoms with Gasteiger partial charge < -0.3 is 5.73 Å². The van der Waals surface area contributed by atoms with Crippen molar-refractivity contribution in [1.82, 2.24) is 5.32 Å². The van der Waals surface area contributed by atoms with Gasteiger partial charge in [0.25, 0.3) is 0 Å². The average Bonchev–Trinajstić information content (AvgIpc) is 2.45. The molecule has 2 atom stereocenters. The van der Waals surface area contributed by atoms with Crippen LogP contribution in [-0.2, 0) is 4.79 Å². The standard InChI is InChI=1S/C16H16ClFN2O/c1-10(12-3-2-4-13(17)9-12)20-15(16(19)21)11-5-7-14(18)8-6-11/h2-10,15,20H,1H3,(H2,19,21). The first kappa shape index (κ1) is 15.5. The van der Waals surface area contributed by atoms with Crippen LogP contribution in [0.3, 0.4) is 0 Å². The van der Waals surface area contributed by atoms with Crippen molar-refractivity contribution in [3.63, 3.8) is 0 Å². The highest BCUT2D eigenvalue weighted by molar-refractivity contribution is 6.30. The van der Waals surface area contributed by atoms with Gasteiger partial charge in [0, 0.05) is 11.1 Å². The highest BCUT2D eigenvalue weighted by atomic mass is 35.5. The lowest BCUT2D eigenvalue weighted by molar-refractivity contribution is -0.120. The number of carbonyl (C=O) groups excluding carboxylic acids is 1. The molecule has 21 heavy (non-hydrogen) atoms. The van der Waals surface area contributed by atoms with Crippen molar-refractivity contribution < 1.29 is 9.18 Å². The molecule has 2 aromatic rings. The predicted octanol–water partition coefficient (Wildman–Crippen LogP) is 3.36. The summed E-state index contributed by atoms with van der Waals surface area (Å²) in [7, 11) is 0. The van der Waals surface area contributed by atoms with Crippen molar-refractivity contribution in [2.24, 2.45) is 5.73 Å². The fourth-order valence-electron chi connectivity index (χ4n) is 2.12. The molecule has 0 aliphatic rings. The van der Waals surface area contributed by atoms with Crippen LogP contribution >= 0.6 is 11.6 Å². The van der Waals surface area contributed by atoms with E-state index < -0.39 is 11.9 Å². The minimum Gasteiger partial charge on any atom is -0.368 e. The molecule has 0 saturated carbocycles. The summed E-state index contributed by atoms with van der Waals surface area (Å²) in [6.45, 7) is 1.91. The average molecular weight is 307 g/mol. The number of benzene rings is 2. The molecule has 0 fully saturated rings. The molecule has 110 valence electrons. The van der Waals surface area contributed by atoms with Crippen LogP contribution in [0.1, 0.15) is 30.1 Å². The van der Waals surface area contributed by atoms with Crippen molar-refractivity contribution in [1.29, 1.82) is 0 Å². The van der Waals surface area contributed by atoms with Crippen molar-refractivity contribution in [3.8, 4) is 0 Å². The van der Waals surface area contributed by atoms with Gasteiger partial charge in [0.15, 0.2) is 0 Å². The normalized spacial score (nSPS) is 13.7. The first-order chi connectivity index (χ1) is 9.97. The second-order valence-electron chi connectivity index (χ2n) is 4.83. The third-order valence-corrected chi connectivity index (χ3v) is 3.49. The van der Waals surface area contributed by atoms with E-state index in [-0.39, 0.29) is 11.9 Å². The fraction of sp³-hybridized carbons (Fsp3) is 0.188. The van der Waals surface area contributed by atoms with Crippen molar-refractivity contribution in [2.45, 2.75) is 19.0 Å². The second-order valence-corrected chi connectivity index (χ2v) is 5.27. The zero-order valence-electron chi connectivity index (χ0n) is 11.5. The van der Waals surface area contributed by atoms with Crippen LogP contribution in [0.5, 0.6) is 0 Å². The van der Waals surface area contributed by atoms with E-state index in [0.29, 0.717) is 10.6 Å². The SMILES string of the molecule is CC(NC(C(N)=O)c1ccc(F)cc1)c1cccc(Cl)c1. The molecule has 0 saturated heterocycles. The van der Waals surface area contributed by atoms with E-state index >= 15 is 0 Å². The van der Waals surface area contributed by atoms with E-state index in [1.807, 2.05) is 25.1 Å². The lowest BCUT2D eigenvalue weighted by Gasteiger charge is -2.22. The maximum Gasteiger partial charge on any atom is 0.239 e. The van der Waals surface area contributed by atoms with E-state index in [9.17, 15) is 9.18 Å². The van der Waals surface area contributed by atoms with Crippen LogP contribution in [0.15, 0.2) is 48.5 Å². The third-order valence-electron chi connectivity index (χ3n) is 3.25. The van der Waals surface area contributed by atoms with Gasteiger partial charge in [0.1, 0.15) is 11.9 Å². The molecular formula is C16H16ClFN2O. The molecule has 0 heterocycles. The van der Waals surface area contributed by atoms with E-state index in [2.05, 4.69) is 5.32 Å². The molecule has 0 aromatic heterocycles. The number of amides is 1. The number of carbonyl (C=O) groups is 1. The van der Waals surface area contributed by atoms with Gasteiger partial charge in [-0.3, -0.25) is 10.1 Å². The molecule has 2 aromatic carbocycles. The molecule has 5 heteroatoms. The van der Waals surface area contributed by atoms with E-state index in [1.165, 1.54) is 12.1 Å². The number of halogens is 2. The lowest BCUT2D eigenvalue weighted by atomic mass is 10.0. The molecule has 0 aliphatic carbocycles. The summed E-state index contributed by atoms with van der Waals surface area (Å²) in [5.41, 5.74) is 7.01. The maximum atomic E-state index is 13.0. The van der Waals surface area contributed by atoms with Crippen molar-refractivity contribution >= 4 is 17.5 Å². The molecule has 0 spiro atoms. The Morgan fingerprint density at radius 3 is 2.43 bits per heavy atom. The summed E-state index contributed by atoms with van der Waals surface area (Å²) in [4.78, 5) is 11.7. The summed E-state index contributed by atoms with van der Waals surface area (Å²) in [6, 6.07) is 12.2. The molecule has 3 nitrogen and oxygen atoms in total. The summed E-state index contributed by atoms with van der Waals surface area (Å²) < 4.78 is 13.0. The Hall–Kier alpha value is -1.91. The largest absolute Gasteiger partial charge is 0.368 e. The highest BCUT2D eigenvalue weighted by Crippen LogP contribution is 2.22.